The number of nitrogens with zero attached hydrogens (tertiary/aromatic N) is 1. The molecule has 8 nitrogen and oxygen atoms in total. The highest BCUT2D eigenvalue weighted by Gasteiger charge is 2.34. The Hall–Kier alpha value is -2.52. The summed E-state index contributed by atoms with van der Waals surface area (Å²) in [5.74, 6) is 0.574. The van der Waals surface area contributed by atoms with E-state index in [-0.39, 0.29) is 43.5 Å². The zero-order valence-corrected chi connectivity index (χ0v) is 14.3. The number of methoxy groups -OCH3 is 1. The molecular weight excluding hydrogens is 348 g/mol. The molecule has 0 bridgehead atoms. The third-order valence-electron chi connectivity index (χ3n) is 3.50. The van der Waals surface area contributed by atoms with Crippen LogP contribution in [-0.4, -0.2) is 55.6 Å². The molecule has 1 aromatic rings. The fourth-order valence-electron chi connectivity index (χ4n) is 2.34. The molecule has 132 valence electrons. The highest BCUT2D eigenvalue weighted by Crippen LogP contribution is 2.36. The molecule has 3 amide bonds. The molecule has 25 heavy (non-hydrogen) atoms. The van der Waals surface area contributed by atoms with E-state index in [1.807, 2.05) is 0 Å². The van der Waals surface area contributed by atoms with Crippen LogP contribution in [0.25, 0.3) is 6.08 Å². The van der Waals surface area contributed by atoms with Crippen LogP contribution in [0.3, 0.4) is 0 Å². The summed E-state index contributed by atoms with van der Waals surface area (Å²) in [5.41, 5.74) is 0.739. The molecule has 0 aliphatic carbocycles. The second kappa shape index (κ2) is 7.58. The number of carbonyl (C=O) groups excluding carboxylic acids is 3. The number of ether oxygens (including phenoxy) is 3. The topological polar surface area (TPSA) is 94.2 Å². The smallest absolute Gasteiger partial charge is 0.293 e. The summed E-state index contributed by atoms with van der Waals surface area (Å²) in [6.07, 6.45) is 1.64. The highest BCUT2D eigenvalue weighted by molar-refractivity contribution is 8.18. The van der Waals surface area contributed by atoms with E-state index in [4.69, 9.17) is 14.2 Å². The van der Waals surface area contributed by atoms with Gasteiger partial charge in [0.25, 0.3) is 11.1 Å². The lowest BCUT2D eigenvalue weighted by Gasteiger charge is -2.12. The van der Waals surface area contributed by atoms with Crippen molar-refractivity contribution in [1.82, 2.24) is 10.2 Å². The van der Waals surface area contributed by atoms with Crippen molar-refractivity contribution in [1.29, 1.82) is 0 Å². The van der Waals surface area contributed by atoms with Crippen molar-refractivity contribution in [2.24, 2.45) is 0 Å². The van der Waals surface area contributed by atoms with Gasteiger partial charge in [-0.05, 0) is 35.5 Å². The minimum Gasteiger partial charge on any atom is -0.454 e. The minimum atomic E-state index is -0.381. The summed E-state index contributed by atoms with van der Waals surface area (Å²) in [6, 6.07) is 5.29. The summed E-state index contributed by atoms with van der Waals surface area (Å²) in [5, 5.41) is 2.21. The van der Waals surface area contributed by atoms with Gasteiger partial charge in [-0.15, -0.1) is 0 Å². The summed E-state index contributed by atoms with van der Waals surface area (Å²) in [7, 11) is 1.41. The average Bonchev–Trinajstić information content (AvgIpc) is 3.14. The van der Waals surface area contributed by atoms with Gasteiger partial charge in [-0.25, -0.2) is 0 Å². The zero-order chi connectivity index (χ0) is 17.8. The minimum absolute atomic E-state index is 0.0636. The molecule has 2 aliphatic rings. The molecule has 0 spiro atoms. The quantitative estimate of drug-likeness (QED) is 0.758. The molecule has 9 heteroatoms. The number of amides is 3. The average molecular weight is 364 g/mol. The van der Waals surface area contributed by atoms with Gasteiger partial charge in [-0.3, -0.25) is 19.3 Å². The Morgan fingerprint density at radius 2 is 2.16 bits per heavy atom. The van der Waals surface area contributed by atoms with Crippen molar-refractivity contribution in [3.05, 3.63) is 28.7 Å². The van der Waals surface area contributed by atoms with Crippen LogP contribution in [0.2, 0.25) is 0 Å². The van der Waals surface area contributed by atoms with Crippen LogP contribution in [0.15, 0.2) is 23.1 Å². The molecule has 0 radical (unpaired) electrons. The number of benzene rings is 1. The molecule has 2 aliphatic heterocycles. The van der Waals surface area contributed by atoms with Gasteiger partial charge in [0.2, 0.25) is 12.7 Å². The molecule has 1 N–H and O–H groups in total. The Morgan fingerprint density at radius 3 is 2.96 bits per heavy atom. The van der Waals surface area contributed by atoms with Gasteiger partial charge in [0.05, 0.1) is 4.91 Å². The molecule has 0 saturated carbocycles. The van der Waals surface area contributed by atoms with Gasteiger partial charge < -0.3 is 19.5 Å². The summed E-state index contributed by atoms with van der Waals surface area (Å²) < 4.78 is 15.2. The van der Waals surface area contributed by atoms with Crippen LogP contribution in [0, 0.1) is 0 Å². The van der Waals surface area contributed by atoms with E-state index < -0.39 is 0 Å². The predicted octanol–water partition coefficient (Wildman–Crippen LogP) is 1.21. The lowest BCUT2D eigenvalue weighted by Crippen LogP contribution is -2.38. The molecule has 2 heterocycles. The second-order valence-electron chi connectivity index (χ2n) is 5.23. The Balaban J connectivity index is 1.63. The number of nitrogens with one attached hydrogen (secondary N) is 1. The van der Waals surface area contributed by atoms with Gasteiger partial charge in [0, 0.05) is 20.2 Å². The van der Waals surface area contributed by atoms with Crippen LogP contribution in [-0.2, 0) is 14.3 Å². The van der Waals surface area contributed by atoms with E-state index in [1.54, 1.807) is 24.3 Å². The Labute approximate surface area is 148 Å². The van der Waals surface area contributed by atoms with Crippen LogP contribution in [0.5, 0.6) is 11.5 Å². The fourth-order valence-corrected chi connectivity index (χ4v) is 3.20. The van der Waals surface area contributed by atoms with Gasteiger partial charge in [0.15, 0.2) is 11.5 Å². The van der Waals surface area contributed by atoms with E-state index in [0.717, 1.165) is 22.2 Å². The van der Waals surface area contributed by atoms with Crippen molar-refractivity contribution >= 4 is 34.9 Å². The Morgan fingerprint density at radius 1 is 1.36 bits per heavy atom. The van der Waals surface area contributed by atoms with E-state index in [9.17, 15) is 14.4 Å². The zero-order valence-electron chi connectivity index (χ0n) is 13.4. The first-order chi connectivity index (χ1) is 12.1. The van der Waals surface area contributed by atoms with E-state index in [2.05, 4.69) is 5.32 Å². The predicted molar refractivity (Wildman–Crippen MR) is 90.1 cm³/mol. The Bertz CT molecular complexity index is 748. The third-order valence-corrected chi connectivity index (χ3v) is 4.41. The molecule has 0 unspecified atom stereocenters. The maximum Gasteiger partial charge on any atom is 0.293 e. The van der Waals surface area contributed by atoms with Crippen molar-refractivity contribution in [3.8, 4) is 11.5 Å². The Kier molecular flexibility index (Phi) is 5.25. The number of hydrogen-bond acceptors (Lipinski definition) is 7. The SMILES string of the molecule is COCC(=O)NCCN1C(=O)S/C(=C/c2ccc3c(c2)OCO3)C1=O. The number of carbonyl (C=O) groups is 3. The normalized spacial score (nSPS) is 17.5. The first-order valence-electron chi connectivity index (χ1n) is 7.49. The molecule has 1 saturated heterocycles. The maximum absolute atomic E-state index is 12.4. The number of imide groups is 1. The van der Waals surface area contributed by atoms with Crippen LogP contribution in [0.1, 0.15) is 5.56 Å². The van der Waals surface area contributed by atoms with E-state index in [1.165, 1.54) is 7.11 Å². The molecule has 3 rings (SSSR count). The van der Waals surface area contributed by atoms with Gasteiger partial charge in [-0.2, -0.15) is 0 Å². The molecule has 0 aromatic heterocycles. The highest BCUT2D eigenvalue weighted by atomic mass is 32.2. The van der Waals surface area contributed by atoms with Gasteiger partial charge in [-0.1, -0.05) is 6.07 Å². The van der Waals surface area contributed by atoms with Crippen molar-refractivity contribution in [3.63, 3.8) is 0 Å². The van der Waals surface area contributed by atoms with Gasteiger partial charge in [0.1, 0.15) is 6.61 Å². The standard InChI is InChI=1S/C16H16N2O6S/c1-22-8-14(19)17-4-5-18-15(20)13(25-16(18)21)7-10-2-3-11-12(6-10)24-9-23-11/h2-3,6-7H,4-5,8-9H2,1H3,(H,17,19)/b13-7+. The van der Waals surface area contributed by atoms with Gasteiger partial charge >= 0.3 is 0 Å². The number of rotatable bonds is 6. The van der Waals surface area contributed by atoms with E-state index >= 15 is 0 Å². The number of hydrogen-bond donors (Lipinski definition) is 1. The first-order valence-corrected chi connectivity index (χ1v) is 8.31. The number of thioether (sulfide) groups is 1. The molecule has 0 atom stereocenters. The molecule has 1 fully saturated rings. The van der Waals surface area contributed by atoms with E-state index in [0.29, 0.717) is 16.4 Å². The second-order valence-corrected chi connectivity index (χ2v) is 6.22. The molecule has 1 aromatic carbocycles. The maximum atomic E-state index is 12.4. The lowest BCUT2D eigenvalue weighted by molar-refractivity contribution is -0.126. The van der Waals surface area contributed by atoms with Crippen LogP contribution >= 0.6 is 11.8 Å². The van der Waals surface area contributed by atoms with Crippen LogP contribution < -0.4 is 14.8 Å². The number of fused-ring (bicyclic) bond motifs is 1. The summed E-state index contributed by atoms with van der Waals surface area (Å²) in [4.78, 5) is 37.1. The monoisotopic (exact) mass is 364 g/mol. The van der Waals surface area contributed by atoms with Crippen molar-refractivity contribution in [2.75, 3.05) is 33.6 Å². The first kappa shape index (κ1) is 17.3. The summed E-state index contributed by atoms with van der Waals surface area (Å²) >= 11 is 0.868. The van der Waals surface area contributed by atoms with Crippen molar-refractivity contribution < 1.29 is 28.6 Å². The molecular formula is C16H16N2O6S. The fraction of sp³-hybridized carbons (Fsp3) is 0.312. The largest absolute Gasteiger partial charge is 0.454 e. The van der Waals surface area contributed by atoms with Crippen molar-refractivity contribution in [2.45, 2.75) is 0 Å². The third kappa shape index (κ3) is 3.94. The lowest BCUT2D eigenvalue weighted by atomic mass is 10.2. The summed E-state index contributed by atoms with van der Waals surface area (Å²) in [6.45, 7) is 0.395. The van der Waals surface area contributed by atoms with Crippen LogP contribution in [0.4, 0.5) is 4.79 Å².